The van der Waals surface area contributed by atoms with E-state index in [4.69, 9.17) is 20.8 Å². The summed E-state index contributed by atoms with van der Waals surface area (Å²) in [5, 5.41) is 6.13. The highest BCUT2D eigenvalue weighted by atomic mass is 35.5. The highest BCUT2D eigenvalue weighted by Gasteiger charge is 2.35. The van der Waals surface area contributed by atoms with Gasteiger partial charge in [0.1, 0.15) is 11.8 Å². The first-order chi connectivity index (χ1) is 13.5. The third-order valence-corrected chi connectivity index (χ3v) is 4.48. The van der Waals surface area contributed by atoms with Crippen molar-refractivity contribution in [3.05, 3.63) is 70.3 Å². The number of rotatable bonds is 7. The van der Waals surface area contributed by atoms with E-state index in [0.717, 1.165) is 5.56 Å². The van der Waals surface area contributed by atoms with E-state index in [1.54, 1.807) is 19.1 Å². The Balaban J connectivity index is 1.89. The number of esters is 1. The highest BCUT2D eigenvalue weighted by Crippen LogP contribution is 2.28. The Morgan fingerprint density at radius 3 is 2.79 bits per heavy atom. The van der Waals surface area contributed by atoms with Gasteiger partial charge < -0.3 is 19.8 Å². The largest absolute Gasteiger partial charge is 0.467 e. The van der Waals surface area contributed by atoms with Gasteiger partial charge in [0.15, 0.2) is 0 Å². The number of urea groups is 1. The van der Waals surface area contributed by atoms with Gasteiger partial charge in [-0.2, -0.15) is 0 Å². The van der Waals surface area contributed by atoms with Crippen molar-refractivity contribution in [1.82, 2.24) is 15.5 Å². The normalized spacial score (nSPS) is 16.7. The molecule has 1 aliphatic rings. The van der Waals surface area contributed by atoms with Crippen LogP contribution in [-0.2, 0) is 16.1 Å². The molecule has 0 aliphatic carbocycles. The summed E-state index contributed by atoms with van der Waals surface area (Å²) in [5.41, 5.74) is 1.83. The van der Waals surface area contributed by atoms with E-state index in [9.17, 15) is 9.59 Å². The zero-order valence-corrected chi connectivity index (χ0v) is 16.5. The Labute approximate surface area is 168 Å². The molecule has 1 unspecified atom stereocenters. The van der Waals surface area contributed by atoms with Crippen molar-refractivity contribution >= 4 is 23.6 Å². The molecule has 2 heterocycles. The van der Waals surface area contributed by atoms with Crippen LogP contribution in [0.3, 0.4) is 0 Å². The molecule has 3 rings (SSSR count). The van der Waals surface area contributed by atoms with Gasteiger partial charge in [0, 0.05) is 23.8 Å². The molecule has 2 amide bonds. The molecule has 1 aliphatic heterocycles. The van der Waals surface area contributed by atoms with E-state index in [1.165, 1.54) is 6.26 Å². The number of ether oxygens (including phenoxy) is 1. The lowest BCUT2D eigenvalue weighted by molar-refractivity contribution is -0.139. The number of carbonyl (C=O) groups excluding carboxylic acids is 2. The van der Waals surface area contributed by atoms with E-state index in [0.29, 0.717) is 35.1 Å². The Morgan fingerprint density at radius 1 is 1.29 bits per heavy atom. The van der Waals surface area contributed by atoms with Crippen molar-refractivity contribution in [3.63, 3.8) is 0 Å². The van der Waals surface area contributed by atoms with E-state index in [2.05, 4.69) is 10.6 Å². The monoisotopic (exact) mass is 403 g/mol. The summed E-state index contributed by atoms with van der Waals surface area (Å²) in [5.74, 6) is -0.0320. The molecule has 2 N–H and O–H groups in total. The Kier molecular flexibility index (Phi) is 6.38. The van der Waals surface area contributed by atoms with E-state index in [1.807, 2.05) is 36.2 Å². The van der Waals surface area contributed by atoms with E-state index >= 15 is 0 Å². The number of hydrogen-bond acceptors (Lipinski definition) is 5. The van der Waals surface area contributed by atoms with Crippen LogP contribution in [0.25, 0.3) is 0 Å². The fraction of sp³-hybridized carbons (Fsp3) is 0.300. The summed E-state index contributed by atoms with van der Waals surface area (Å²) in [4.78, 5) is 26.8. The Hall–Kier alpha value is -2.77. The van der Waals surface area contributed by atoms with Crippen LogP contribution in [0, 0.1) is 0 Å². The summed E-state index contributed by atoms with van der Waals surface area (Å²) in [7, 11) is 1.90. The predicted molar refractivity (Wildman–Crippen MR) is 105 cm³/mol. The molecule has 1 aromatic carbocycles. The molecule has 2 aromatic rings. The maximum absolute atomic E-state index is 12.7. The molecule has 0 fully saturated rings. The molecular formula is C20H22ClN3O4. The molecular weight excluding hydrogens is 382 g/mol. The summed E-state index contributed by atoms with van der Waals surface area (Å²) < 4.78 is 10.7. The van der Waals surface area contributed by atoms with Gasteiger partial charge in [-0.25, -0.2) is 9.59 Å². The topological polar surface area (TPSA) is 83.8 Å². The highest BCUT2D eigenvalue weighted by molar-refractivity contribution is 6.30. The first-order valence-electron chi connectivity index (χ1n) is 8.92. The van der Waals surface area contributed by atoms with Crippen LogP contribution >= 0.6 is 11.6 Å². The summed E-state index contributed by atoms with van der Waals surface area (Å²) in [6.07, 6.45) is 1.50. The molecule has 7 nitrogen and oxygen atoms in total. The van der Waals surface area contributed by atoms with Gasteiger partial charge in [0.05, 0.1) is 18.4 Å². The Bertz CT molecular complexity index is 879. The molecule has 148 valence electrons. The van der Waals surface area contributed by atoms with Crippen LogP contribution in [0.2, 0.25) is 5.02 Å². The lowest BCUT2D eigenvalue weighted by atomic mass is 10.00. The molecule has 1 atom stereocenters. The number of nitrogens with zero attached hydrogens (tertiary/aromatic N) is 1. The first-order valence-corrected chi connectivity index (χ1v) is 9.29. The second-order valence-electron chi connectivity index (χ2n) is 6.46. The van der Waals surface area contributed by atoms with E-state index in [-0.39, 0.29) is 6.61 Å². The fourth-order valence-electron chi connectivity index (χ4n) is 3.13. The smallest absolute Gasteiger partial charge is 0.338 e. The second-order valence-corrected chi connectivity index (χ2v) is 6.90. The van der Waals surface area contributed by atoms with Crippen molar-refractivity contribution in [2.24, 2.45) is 0 Å². The van der Waals surface area contributed by atoms with Crippen LogP contribution in [0.4, 0.5) is 4.79 Å². The number of furan rings is 1. The van der Waals surface area contributed by atoms with Gasteiger partial charge in [-0.1, -0.05) is 23.7 Å². The number of carbonyl (C=O) groups is 2. The minimum atomic E-state index is -0.711. The lowest BCUT2D eigenvalue weighted by Gasteiger charge is -2.30. The van der Waals surface area contributed by atoms with Crippen LogP contribution in [-0.4, -0.2) is 37.1 Å². The number of benzene rings is 1. The zero-order valence-electron chi connectivity index (χ0n) is 15.7. The predicted octanol–water partition coefficient (Wildman–Crippen LogP) is 3.24. The minimum absolute atomic E-state index is 0.229. The van der Waals surface area contributed by atoms with Gasteiger partial charge in [-0.3, -0.25) is 4.90 Å². The zero-order chi connectivity index (χ0) is 20.1. The van der Waals surface area contributed by atoms with Crippen molar-refractivity contribution in [3.8, 4) is 0 Å². The van der Waals surface area contributed by atoms with E-state index < -0.39 is 18.0 Å². The van der Waals surface area contributed by atoms with Crippen LogP contribution in [0.15, 0.2) is 58.3 Å². The summed E-state index contributed by atoms with van der Waals surface area (Å²) >= 11 is 6.05. The van der Waals surface area contributed by atoms with Crippen molar-refractivity contribution in [2.45, 2.75) is 19.5 Å². The van der Waals surface area contributed by atoms with Crippen LogP contribution < -0.4 is 10.6 Å². The third-order valence-electron chi connectivity index (χ3n) is 4.25. The average molecular weight is 404 g/mol. The third kappa shape index (κ3) is 4.74. The molecule has 0 saturated heterocycles. The molecule has 0 saturated carbocycles. The SMILES string of the molecule is CCOC(=O)C1=C(CN(C)Cc2cccc(Cl)c2)NC(=O)NC1c1ccco1. The molecule has 28 heavy (non-hydrogen) atoms. The molecule has 0 spiro atoms. The van der Waals surface area contributed by atoms with Gasteiger partial charge in [0.25, 0.3) is 0 Å². The van der Waals surface area contributed by atoms with Crippen molar-refractivity contribution in [1.29, 1.82) is 0 Å². The van der Waals surface area contributed by atoms with Gasteiger partial charge in [0.2, 0.25) is 0 Å². The number of halogens is 1. The standard InChI is InChI=1S/C20H22ClN3O4/c1-3-27-19(25)17-15(12-24(2)11-13-6-4-7-14(21)10-13)22-20(26)23-18(17)16-8-5-9-28-16/h4-10,18H,3,11-12H2,1-2H3,(H2,22,23,26). The second kappa shape index (κ2) is 8.95. The van der Waals surface area contributed by atoms with Gasteiger partial charge in [-0.05, 0) is 43.8 Å². The van der Waals surface area contributed by atoms with Crippen molar-refractivity contribution < 1.29 is 18.7 Å². The van der Waals surface area contributed by atoms with Gasteiger partial charge in [-0.15, -0.1) is 0 Å². The van der Waals surface area contributed by atoms with Crippen LogP contribution in [0.5, 0.6) is 0 Å². The summed E-state index contributed by atoms with van der Waals surface area (Å²) in [6, 6.07) is 9.85. The Morgan fingerprint density at radius 2 is 2.11 bits per heavy atom. The number of hydrogen-bond donors (Lipinski definition) is 2. The molecule has 0 bridgehead atoms. The maximum Gasteiger partial charge on any atom is 0.338 e. The molecule has 8 heteroatoms. The maximum atomic E-state index is 12.7. The molecule has 1 aromatic heterocycles. The number of nitrogens with one attached hydrogen (secondary N) is 2. The fourth-order valence-corrected chi connectivity index (χ4v) is 3.35. The quantitative estimate of drug-likeness (QED) is 0.693. The van der Waals surface area contributed by atoms with Crippen molar-refractivity contribution in [2.75, 3.05) is 20.2 Å². The number of likely N-dealkylation sites (N-methyl/N-ethyl adjacent to an activating group) is 1. The minimum Gasteiger partial charge on any atom is -0.467 e. The van der Waals surface area contributed by atoms with Crippen LogP contribution in [0.1, 0.15) is 24.3 Å². The van der Waals surface area contributed by atoms with Gasteiger partial charge >= 0.3 is 12.0 Å². The first kappa shape index (κ1) is 20.0. The molecule has 0 radical (unpaired) electrons. The number of amides is 2. The average Bonchev–Trinajstić information content (AvgIpc) is 3.15. The lowest BCUT2D eigenvalue weighted by Crippen LogP contribution is -2.48. The summed E-state index contributed by atoms with van der Waals surface area (Å²) in [6.45, 7) is 2.90.